The minimum Gasteiger partial charge on any atom is -0.381 e. The Morgan fingerprint density at radius 3 is 3.43 bits per heavy atom. The SMILES string of the molecule is O=CNc1ncn(CC2CCOC2)n1. The summed E-state index contributed by atoms with van der Waals surface area (Å²) >= 11 is 0. The van der Waals surface area contributed by atoms with Crippen molar-refractivity contribution in [2.75, 3.05) is 18.5 Å². The van der Waals surface area contributed by atoms with Crippen LogP contribution in [0.5, 0.6) is 0 Å². The quantitative estimate of drug-likeness (QED) is 0.682. The van der Waals surface area contributed by atoms with E-state index in [1.165, 1.54) is 0 Å². The Morgan fingerprint density at radius 1 is 1.79 bits per heavy atom. The molecular weight excluding hydrogens is 184 g/mol. The molecular formula is C8H12N4O2. The van der Waals surface area contributed by atoms with Gasteiger partial charge in [-0.15, -0.1) is 5.10 Å². The average molecular weight is 196 g/mol. The fourth-order valence-electron chi connectivity index (χ4n) is 1.49. The molecule has 14 heavy (non-hydrogen) atoms. The van der Waals surface area contributed by atoms with Gasteiger partial charge in [0.1, 0.15) is 6.33 Å². The first-order valence-electron chi connectivity index (χ1n) is 4.56. The van der Waals surface area contributed by atoms with Crippen molar-refractivity contribution in [3.05, 3.63) is 6.33 Å². The summed E-state index contributed by atoms with van der Waals surface area (Å²) in [5, 5.41) is 6.47. The standard InChI is InChI=1S/C8H12N4O2/c13-6-10-8-9-5-12(11-8)3-7-1-2-14-4-7/h5-7H,1-4H2,(H,10,11,13). The van der Waals surface area contributed by atoms with Crippen LogP contribution in [0.4, 0.5) is 5.95 Å². The number of rotatable bonds is 4. The summed E-state index contributed by atoms with van der Waals surface area (Å²) < 4.78 is 6.98. The van der Waals surface area contributed by atoms with Gasteiger partial charge in [-0.2, -0.15) is 0 Å². The molecule has 0 spiro atoms. The smallest absolute Gasteiger partial charge is 0.248 e. The number of hydrogen-bond donors (Lipinski definition) is 1. The van der Waals surface area contributed by atoms with Crippen LogP contribution in [0.25, 0.3) is 0 Å². The van der Waals surface area contributed by atoms with Crippen LogP contribution >= 0.6 is 0 Å². The van der Waals surface area contributed by atoms with Gasteiger partial charge in [0.05, 0.1) is 6.61 Å². The van der Waals surface area contributed by atoms with Crippen LogP contribution < -0.4 is 5.32 Å². The molecule has 1 unspecified atom stereocenters. The third kappa shape index (κ3) is 2.08. The minimum absolute atomic E-state index is 0.346. The molecule has 1 aromatic heterocycles. The first-order valence-corrected chi connectivity index (χ1v) is 4.56. The fraction of sp³-hybridized carbons (Fsp3) is 0.625. The lowest BCUT2D eigenvalue weighted by molar-refractivity contribution is -0.105. The van der Waals surface area contributed by atoms with E-state index in [9.17, 15) is 4.79 Å². The Labute approximate surface area is 81.3 Å². The molecule has 1 fully saturated rings. The first kappa shape index (κ1) is 9.14. The number of amides is 1. The van der Waals surface area contributed by atoms with Gasteiger partial charge in [0.2, 0.25) is 12.4 Å². The number of carbonyl (C=O) groups excluding carboxylic acids is 1. The predicted molar refractivity (Wildman–Crippen MR) is 48.6 cm³/mol. The molecule has 0 aromatic carbocycles. The molecule has 6 heteroatoms. The highest BCUT2D eigenvalue weighted by molar-refractivity contribution is 5.66. The summed E-state index contributed by atoms with van der Waals surface area (Å²) in [5.74, 6) is 0.861. The lowest BCUT2D eigenvalue weighted by atomic mass is 10.1. The monoisotopic (exact) mass is 196 g/mol. The van der Waals surface area contributed by atoms with Gasteiger partial charge >= 0.3 is 0 Å². The third-order valence-corrected chi connectivity index (χ3v) is 2.19. The van der Waals surface area contributed by atoms with Crippen molar-refractivity contribution in [3.63, 3.8) is 0 Å². The van der Waals surface area contributed by atoms with E-state index >= 15 is 0 Å². The van der Waals surface area contributed by atoms with E-state index in [1.54, 1.807) is 11.0 Å². The van der Waals surface area contributed by atoms with Gasteiger partial charge < -0.3 is 4.74 Å². The molecule has 1 saturated heterocycles. The number of nitrogens with zero attached hydrogens (tertiary/aromatic N) is 3. The molecule has 1 N–H and O–H groups in total. The predicted octanol–water partition coefficient (Wildman–Crippen LogP) is -0.117. The lowest BCUT2D eigenvalue weighted by Gasteiger charge is -2.05. The van der Waals surface area contributed by atoms with Gasteiger partial charge in [0, 0.05) is 19.1 Å². The van der Waals surface area contributed by atoms with Crippen molar-refractivity contribution >= 4 is 12.4 Å². The van der Waals surface area contributed by atoms with Gasteiger partial charge in [-0.05, 0) is 6.42 Å². The van der Waals surface area contributed by atoms with Gasteiger partial charge in [0.15, 0.2) is 0 Å². The van der Waals surface area contributed by atoms with E-state index < -0.39 is 0 Å². The summed E-state index contributed by atoms with van der Waals surface area (Å²) in [6.07, 6.45) is 3.25. The molecule has 1 amide bonds. The van der Waals surface area contributed by atoms with Crippen LogP contribution in [0.2, 0.25) is 0 Å². The van der Waals surface area contributed by atoms with Crippen molar-refractivity contribution < 1.29 is 9.53 Å². The van der Waals surface area contributed by atoms with Crippen molar-refractivity contribution in [3.8, 4) is 0 Å². The van der Waals surface area contributed by atoms with Crippen LogP contribution in [0.1, 0.15) is 6.42 Å². The molecule has 1 aromatic rings. The molecule has 1 aliphatic rings. The van der Waals surface area contributed by atoms with Gasteiger partial charge in [-0.3, -0.25) is 14.8 Å². The van der Waals surface area contributed by atoms with E-state index in [-0.39, 0.29) is 0 Å². The fourth-order valence-corrected chi connectivity index (χ4v) is 1.49. The number of hydrogen-bond acceptors (Lipinski definition) is 4. The van der Waals surface area contributed by atoms with E-state index in [0.29, 0.717) is 18.3 Å². The number of ether oxygens (including phenoxy) is 1. The summed E-state index contributed by atoms with van der Waals surface area (Å²) in [6, 6.07) is 0. The molecule has 0 radical (unpaired) electrons. The molecule has 0 bridgehead atoms. The summed E-state index contributed by atoms with van der Waals surface area (Å²) in [7, 11) is 0. The highest BCUT2D eigenvalue weighted by atomic mass is 16.5. The molecule has 2 rings (SSSR count). The molecule has 1 atom stereocenters. The van der Waals surface area contributed by atoms with Gasteiger partial charge in [-0.1, -0.05) is 0 Å². The van der Waals surface area contributed by atoms with Gasteiger partial charge in [-0.25, -0.2) is 4.98 Å². The second-order valence-corrected chi connectivity index (χ2v) is 3.28. The Hall–Kier alpha value is -1.43. The highest BCUT2D eigenvalue weighted by Gasteiger charge is 2.16. The zero-order valence-corrected chi connectivity index (χ0v) is 7.72. The Morgan fingerprint density at radius 2 is 2.71 bits per heavy atom. The number of anilines is 1. The molecule has 0 aliphatic carbocycles. The lowest BCUT2D eigenvalue weighted by Crippen LogP contribution is -2.11. The normalized spacial score (nSPS) is 21.0. The molecule has 76 valence electrons. The van der Waals surface area contributed by atoms with Crippen molar-refractivity contribution in [2.24, 2.45) is 5.92 Å². The Bertz CT molecular complexity index is 306. The van der Waals surface area contributed by atoms with E-state index in [1.807, 2.05) is 0 Å². The first-order chi connectivity index (χ1) is 6.88. The van der Waals surface area contributed by atoms with Crippen LogP contribution in [0.15, 0.2) is 6.33 Å². The van der Waals surface area contributed by atoms with Crippen LogP contribution in [0, 0.1) is 5.92 Å². The summed E-state index contributed by atoms with van der Waals surface area (Å²) in [6.45, 7) is 2.42. The maximum absolute atomic E-state index is 10.1. The highest BCUT2D eigenvalue weighted by Crippen LogP contribution is 2.14. The third-order valence-electron chi connectivity index (χ3n) is 2.19. The maximum atomic E-state index is 10.1. The summed E-state index contributed by atoms with van der Waals surface area (Å²) in [5.41, 5.74) is 0. The number of nitrogens with one attached hydrogen (secondary N) is 1. The number of carbonyl (C=O) groups is 1. The Balaban J connectivity index is 1.91. The van der Waals surface area contributed by atoms with Crippen molar-refractivity contribution in [1.29, 1.82) is 0 Å². The average Bonchev–Trinajstić information content (AvgIpc) is 2.79. The Kier molecular flexibility index (Phi) is 2.73. The van der Waals surface area contributed by atoms with Crippen LogP contribution in [-0.2, 0) is 16.1 Å². The maximum Gasteiger partial charge on any atom is 0.248 e. The van der Waals surface area contributed by atoms with Gasteiger partial charge in [0.25, 0.3) is 0 Å². The van der Waals surface area contributed by atoms with E-state index in [4.69, 9.17) is 4.74 Å². The zero-order chi connectivity index (χ0) is 9.80. The molecule has 1 aliphatic heterocycles. The molecule has 2 heterocycles. The van der Waals surface area contributed by atoms with Crippen molar-refractivity contribution in [1.82, 2.24) is 14.8 Å². The summed E-state index contributed by atoms with van der Waals surface area (Å²) in [4.78, 5) is 14.0. The van der Waals surface area contributed by atoms with Crippen LogP contribution in [0.3, 0.4) is 0 Å². The minimum atomic E-state index is 0.346. The topological polar surface area (TPSA) is 69.0 Å². The second kappa shape index (κ2) is 4.19. The zero-order valence-electron chi connectivity index (χ0n) is 7.72. The van der Waals surface area contributed by atoms with Crippen molar-refractivity contribution in [2.45, 2.75) is 13.0 Å². The second-order valence-electron chi connectivity index (χ2n) is 3.28. The molecule has 6 nitrogen and oxygen atoms in total. The largest absolute Gasteiger partial charge is 0.381 e. The van der Waals surface area contributed by atoms with Crippen LogP contribution in [-0.4, -0.2) is 34.4 Å². The van der Waals surface area contributed by atoms with E-state index in [2.05, 4.69) is 15.4 Å². The van der Waals surface area contributed by atoms with E-state index in [0.717, 1.165) is 26.2 Å². The molecule has 0 saturated carbocycles. The number of aromatic nitrogens is 3.